The molecule has 0 aliphatic carbocycles. The number of hydrogen-bond donors (Lipinski definition) is 0. The molecule has 0 saturated carbocycles. The Kier molecular flexibility index (Phi) is 6.11. The Morgan fingerprint density at radius 1 is 0.935 bits per heavy atom. The molecule has 156 valence electrons. The van der Waals surface area contributed by atoms with Gasteiger partial charge in [0.25, 0.3) is 11.8 Å². The summed E-state index contributed by atoms with van der Waals surface area (Å²) in [5, 5.41) is 0.562. The maximum atomic E-state index is 14.5. The largest absolute Gasteiger partial charge is 0.494 e. The molecule has 1 aliphatic heterocycles. The minimum atomic E-state index is -0.645. The maximum Gasteiger partial charge on any atom is 0.273 e. The molecule has 3 aromatic carbocycles. The molecular formula is C24H17ClFNO3S. The van der Waals surface area contributed by atoms with E-state index in [9.17, 15) is 14.0 Å². The normalized spacial score (nSPS) is 13.8. The average Bonchev–Trinajstić information content (AvgIpc) is 3.00. The number of halogens is 2. The third kappa shape index (κ3) is 4.22. The van der Waals surface area contributed by atoms with Crippen molar-refractivity contribution in [2.75, 3.05) is 11.5 Å². The van der Waals surface area contributed by atoms with Crippen molar-refractivity contribution < 1.29 is 18.7 Å². The van der Waals surface area contributed by atoms with Crippen molar-refractivity contribution in [2.45, 2.75) is 11.8 Å². The number of amides is 2. The maximum absolute atomic E-state index is 14.5. The van der Waals surface area contributed by atoms with E-state index in [-0.39, 0.29) is 16.2 Å². The lowest BCUT2D eigenvalue weighted by Gasteiger charge is -2.15. The zero-order valence-electron chi connectivity index (χ0n) is 16.5. The van der Waals surface area contributed by atoms with Gasteiger partial charge in [-0.2, -0.15) is 0 Å². The summed E-state index contributed by atoms with van der Waals surface area (Å²) in [6.07, 6.45) is 0. The SMILES string of the molecule is CCOc1ccc(C2=C(Sc3ccc(Cl)cc3)C(=O)N(c3ccccc3F)C2=O)cc1. The molecular weight excluding hydrogens is 437 g/mol. The van der Waals surface area contributed by atoms with Gasteiger partial charge in [-0.15, -0.1) is 0 Å². The van der Waals surface area contributed by atoms with Crippen LogP contribution in [-0.4, -0.2) is 18.4 Å². The number of thioether (sulfide) groups is 1. The molecule has 7 heteroatoms. The number of hydrogen-bond acceptors (Lipinski definition) is 4. The lowest BCUT2D eigenvalue weighted by molar-refractivity contribution is -0.119. The Morgan fingerprint density at radius 3 is 2.26 bits per heavy atom. The van der Waals surface area contributed by atoms with Gasteiger partial charge < -0.3 is 4.74 Å². The van der Waals surface area contributed by atoms with Gasteiger partial charge in [0.05, 0.1) is 22.8 Å². The first-order valence-corrected chi connectivity index (χ1v) is 10.7. The third-order valence-corrected chi connectivity index (χ3v) is 5.96. The fraction of sp³-hybridized carbons (Fsp3) is 0.0833. The van der Waals surface area contributed by atoms with Crippen molar-refractivity contribution in [1.82, 2.24) is 0 Å². The zero-order valence-corrected chi connectivity index (χ0v) is 18.0. The van der Waals surface area contributed by atoms with E-state index < -0.39 is 17.6 Å². The predicted octanol–water partition coefficient (Wildman–Crippen LogP) is 5.95. The van der Waals surface area contributed by atoms with Crippen LogP contribution in [0.1, 0.15) is 12.5 Å². The Bertz CT molecular complexity index is 1180. The fourth-order valence-electron chi connectivity index (χ4n) is 3.22. The molecule has 0 bridgehead atoms. The standard InChI is InChI=1S/C24H17ClFNO3S/c1-2-30-17-11-7-15(8-12-17)21-22(31-18-13-9-16(25)10-14-18)24(29)27(23(21)28)20-6-4-3-5-19(20)26/h3-14H,2H2,1H3. The van der Waals surface area contributed by atoms with Crippen LogP contribution in [0.15, 0.2) is 82.6 Å². The van der Waals surface area contributed by atoms with E-state index in [0.29, 0.717) is 22.9 Å². The van der Waals surface area contributed by atoms with Crippen molar-refractivity contribution in [1.29, 1.82) is 0 Å². The number of para-hydroxylation sites is 1. The molecule has 0 fully saturated rings. The van der Waals surface area contributed by atoms with Gasteiger partial charge in [0.15, 0.2) is 0 Å². The van der Waals surface area contributed by atoms with Gasteiger partial charge in [-0.3, -0.25) is 9.59 Å². The van der Waals surface area contributed by atoms with Crippen LogP contribution < -0.4 is 9.64 Å². The first-order chi connectivity index (χ1) is 15.0. The summed E-state index contributed by atoms with van der Waals surface area (Å²) in [6, 6.07) is 19.6. The average molecular weight is 454 g/mol. The molecule has 31 heavy (non-hydrogen) atoms. The predicted molar refractivity (Wildman–Crippen MR) is 121 cm³/mol. The quantitative estimate of drug-likeness (QED) is 0.432. The molecule has 0 spiro atoms. The summed E-state index contributed by atoms with van der Waals surface area (Å²) in [6.45, 7) is 2.39. The number of carbonyl (C=O) groups excluding carboxylic acids is 2. The van der Waals surface area contributed by atoms with Crippen LogP contribution in [0, 0.1) is 5.82 Å². The van der Waals surface area contributed by atoms with E-state index in [1.807, 2.05) is 6.92 Å². The van der Waals surface area contributed by atoms with E-state index in [0.717, 1.165) is 21.6 Å². The number of anilines is 1. The van der Waals surface area contributed by atoms with Gasteiger partial charge in [-0.05, 0) is 61.0 Å². The Morgan fingerprint density at radius 2 is 1.61 bits per heavy atom. The van der Waals surface area contributed by atoms with E-state index in [1.54, 1.807) is 54.6 Å². The number of rotatable bonds is 6. The van der Waals surface area contributed by atoms with E-state index >= 15 is 0 Å². The Balaban J connectivity index is 1.80. The van der Waals surface area contributed by atoms with Crippen LogP contribution in [0.5, 0.6) is 5.75 Å². The molecule has 1 heterocycles. The highest BCUT2D eigenvalue weighted by Crippen LogP contribution is 2.42. The minimum Gasteiger partial charge on any atom is -0.494 e. The second-order valence-corrected chi connectivity index (χ2v) is 8.13. The number of ether oxygens (including phenoxy) is 1. The molecule has 1 aliphatic rings. The van der Waals surface area contributed by atoms with E-state index in [4.69, 9.17) is 16.3 Å². The van der Waals surface area contributed by atoms with Gasteiger partial charge in [-0.1, -0.05) is 47.6 Å². The smallest absolute Gasteiger partial charge is 0.273 e. The van der Waals surface area contributed by atoms with Gasteiger partial charge in [0.2, 0.25) is 0 Å². The molecule has 2 amide bonds. The molecule has 0 saturated heterocycles. The molecule has 0 unspecified atom stereocenters. The first-order valence-electron chi connectivity index (χ1n) is 9.54. The lowest BCUT2D eigenvalue weighted by Crippen LogP contribution is -2.32. The van der Waals surface area contributed by atoms with Gasteiger partial charge in [0.1, 0.15) is 11.6 Å². The molecule has 0 N–H and O–H groups in total. The summed E-state index contributed by atoms with van der Waals surface area (Å²) in [5.74, 6) is -1.14. The Hall–Kier alpha value is -3.09. The number of benzene rings is 3. The monoisotopic (exact) mass is 453 g/mol. The first kappa shape index (κ1) is 21.2. The van der Waals surface area contributed by atoms with Crippen LogP contribution in [0.25, 0.3) is 5.57 Å². The third-order valence-electron chi connectivity index (χ3n) is 4.62. The summed E-state index contributed by atoms with van der Waals surface area (Å²) >= 11 is 7.11. The van der Waals surface area contributed by atoms with Crippen LogP contribution in [0.4, 0.5) is 10.1 Å². The molecule has 0 radical (unpaired) electrons. The molecule has 0 atom stereocenters. The number of carbonyl (C=O) groups is 2. The van der Waals surface area contributed by atoms with Crippen molar-refractivity contribution in [2.24, 2.45) is 0 Å². The van der Waals surface area contributed by atoms with Crippen molar-refractivity contribution in [3.63, 3.8) is 0 Å². The molecule has 4 nitrogen and oxygen atoms in total. The second-order valence-electron chi connectivity index (χ2n) is 6.61. The fourth-order valence-corrected chi connectivity index (χ4v) is 4.34. The molecule has 0 aromatic heterocycles. The zero-order chi connectivity index (χ0) is 22.0. The van der Waals surface area contributed by atoms with Crippen LogP contribution in [-0.2, 0) is 9.59 Å². The number of imide groups is 1. The minimum absolute atomic E-state index is 0.0763. The highest BCUT2D eigenvalue weighted by atomic mass is 35.5. The Labute approximate surface area is 188 Å². The van der Waals surface area contributed by atoms with Gasteiger partial charge in [0, 0.05) is 9.92 Å². The summed E-state index contributed by atoms with van der Waals surface area (Å²) in [4.78, 5) is 28.5. The van der Waals surface area contributed by atoms with E-state index in [2.05, 4.69) is 0 Å². The highest BCUT2D eigenvalue weighted by molar-refractivity contribution is 8.04. The number of nitrogens with zero attached hydrogens (tertiary/aromatic N) is 1. The summed E-state index contributed by atoms with van der Waals surface area (Å²) in [7, 11) is 0. The van der Waals surface area contributed by atoms with Crippen molar-refractivity contribution in [3.05, 3.63) is 94.1 Å². The molecule has 3 aromatic rings. The molecule has 4 rings (SSSR count). The van der Waals surface area contributed by atoms with Gasteiger partial charge in [-0.25, -0.2) is 9.29 Å². The van der Waals surface area contributed by atoms with Crippen LogP contribution in [0.2, 0.25) is 5.02 Å². The topological polar surface area (TPSA) is 46.6 Å². The van der Waals surface area contributed by atoms with Crippen molar-refractivity contribution >= 4 is 46.4 Å². The van der Waals surface area contributed by atoms with Crippen molar-refractivity contribution in [3.8, 4) is 5.75 Å². The van der Waals surface area contributed by atoms with E-state index in [1.165, 1.54) is 18.2 Å². The van der Waals surface area contributed by atoms with Gasteiger partial charge >= 0.3 is 0 Å². The van der Waals surface area contributed by atoms with Crippen LogP contribution in [0.3, 0.4) is 0 Å². The van der Waals surface area contributed by atoms with Crippen LogP contribution >= 0.6 is 23.4 Å². The lowest BCUT2D eigenvalue weighted by atomic mass is 10.1. The summed E-state index contributed by atoms with van der Waals surface area (Å²) < 4.78 is 19.9. The highest BCUT2D eigenvalue weighted by Gasteiger charge is 2.41. The summed E-state index contributed by atoms with van der Waals surface area (Å²) in [5.41, 5.74) is 0.695. The second kappa shape index (κ2) is 8.96.